The number of likely N-dealkylation sites (N-methyl/N-ethyl adjacent to an activating group) is 1. The van der Waals surface area contributed by atoms with Crippen LogP contribution < -0.4 is 5.32 Å². The predicted molar refractivity (Wildman–Crippen MR) is 83.7 cm³/mol. The number of nitrogens with zero attached hydrogens (tertiary/aromatic N) is 2. The summed E-state index contributed by atoms with van der Waals surface area (Å²) in [5, 5.41) is 4.74. The van der Waals surface area contributed by atoms with E-state index in [-0.39, 0.29) is 0 Å². The second-order valence-corrected chi connectivity index (χ2v) is 5.96. The molecule has 104 valence electrons. The molecule has 0 aliphatic carbocycles. The molecule has 0 aliphatic rings. The van der Waals surface area contributed by atoms with Crippen LogP contribution in [0.3, 0.4) is 0 Å². The van der Waals surface area contributed by atoms with Gasteiger partial charge in [0, 0.05) is 19.1 Å². The maximum atomic E-state index is 4.65. The van der Waals surface area contributed by atoms with Gasteiger partial charge >= 0.3 is 0 Å². The Bertz CT molecular complexity index is 472. The zero-order valence-corrected chi connectivity index (χ0v) is 12.8. The molecule has 1 aromatic heterocycles. The molecular weight excluding hydrogens is 254 g/mol. The summed E-state index contributed by atoms with van der Waals surface area (Å²) in [6, 6.07) is 8.82. The molecule has 1 heterocycles. The quantitative estimate of drug-likeness (QED) is 0.843. The summed E-state index contributed by atoms with van der Waals surface area (Å²) in [6.45, 7) is 10.9. The number of para-hydroxylation sites is 1. The van der Waals surface area contributed by atoms with Gasteiger partial charge in [-0.05, 0) is 32.1 Å². The van der Waals surface area contributed by atoms with Gasteiger partial charge < -0.3 is 10.2 Å². The number of hydrogen-bond acceptors (Lipinski definition) is 4. The SMILES string of the molecule is CCN(CC)CC(C)NCc1nc2ccccc2s1. The number of fused-ring (bicyclic) bond motifs is 1. The smallest absolute Gasteiger partial charge is 0.108 e. The van der Waals surface area contributed by atoms with Gasteiger partial charge in [0.2, 0.25) is 0 Å². The molecule has 1 aromatic carbocycles. The van der Waals surface area contributed by atoms with Crippen molar-refractivity contribution in [1.82, 2.24) is 15.2 Å². The summed E-state index contributed by atoms with van der Waals surface area (Å²) in [5.74, 6) is 0. The topological polar surface area (TPSA) is 28.2 Å². The van der Waals surface area contributed by atoms with E-state index in [1.165, 1.54) is 9.71 Å². The lowest BCUT2D eigenvalue weighted by atomic mass is 10.3. The molecule has 0 amide bonds. The minimum absolute atomic E-state index is 0.493. The molecule has 3 nitrogen and oxygen atoms in total. The molecule has 4 heteroatoms. The van der Waals surface area contributed by atoms with Crippen molar-refractivity contribution in [2.24, 2.45) is 0 Å². The highest BCUT2D eigenvalue weighted by Crippen LogP contribution is 2.21. The second-order valence-electron chi connectivity index (χ2n) is 4.84. The van der Waals surface area contributed by atoms with Gasteiger partial charge in [-0.1, -0.05) is 26.0 Å². The van der Waals surface area contributed by atoms with Crippen LogP contribution in [0.25, 0.3) is 10.2 Å². The van der Waals surface area contributed by atoms with Gasteiger partial charge in [-0.2, -0.15) is 0 Å². The Labute approximate surface area is 119 Å². The van der Waals surface area contributed by atoms with Crippen molar-refractivity contribution in [3.05, 3.63) is 29.3 Å². The van der Waals surface area contributed by atoms with Gasteiger partial charge in [0.1, 0.15) is 5.01 Å². The van der Waals surface area contributed by atoms with E-state index in [4.69, 9.17) is 0 Å². The van der Waals surface area contributed by atoms with E-state index in [9.17, 15) is 0 Å². The Morgan fingerprint density at radius 3 is 2.68 bits per heavy atom. The fourth-order valence-corrected chi connectivity index (χ4v) is 3.11. The summed E-state index contributed by atoms with van der Waals surface area (Å²) in [5.41, 5.74) is 1.11. The molecule has 0 radical (unpaired) electrons. The largest absolute Gasteiger partial charge is 0.307 e. The highest BCUT2D eigenvalue weighted by Gasteiger charge is 2.08. The van der Waals surface area contributed by atoms with E-state index in [1.807, 2.05) is 6.07 Å². The first-order chi connectivity index (χ1) is 9.22. The molecule has 2 rings (SSSR count). The molecule has 1 N–H and O–H groups in total. The van der Waals surface area contributed by atoms with Crippen molar-refractivity contribution in [1.29, 1.82) is 0 Å². The van der Waals surface area contributed by atoms with Crippen LogP contribution in [0.1, 0.15) is 25.8 Å². The summed E-state index contributed by atoms with van der Waals surface area (Å²) in [6.07, 6.45) is 0. The van der Waals surface area contributed by atoms with E-state index < -0.39 is 0 Å². The molecule has 1 atom stereocenters. The Morgan fingerprint density at radius 1 is 1.26 bits per heavy atom. The molecule has 0 aliphatic heterocycles. The van der Waals surface area contributed by atoms with Crippen molar-refractivity contribution in [2.45, 2.75) is 33.4 Å². The van der Waals surface area contributed by atoms with E-state index >= 15 is 0 Å². The van der Waals surface area contributed by atoms with Gasteiger partial charge in [-0.25, -0.2) is 4.98 Å². The predicted octanol–water partition coefficient (Wildman–Crippen LogP) is 3.12. The first-order valence-corrected chi connectivity index (χ1v) is 7.84. The van der Waals surface area contributed by atoms with Gasteiger partial charge in [0.05, 0.1) is 10.2 Å². The van der Waals surface area contributed by atoms with Crippen LogP contribution in [0.2, 0.25) is 0 Å². The van der Waals surface area contributed by atoms with Crippen LogP contribution in [0.5, 0.6) is 0 Å². The normalized spacial score (nSPS) is 13.3. The summed E-state index contributed by atoms with van der Waals surface area (Å²) in [7, 11) is 0. The number of benzene rings is 1. The molecule has 0 saturated carbocycles. The summed E-state index contributed by atoms with van der Waals surface area (Å²) >= 11 is 1.78. The number of thiazole rings is 1. The van der Waals surface area contributed by atoms with E-state index in [1.54, 1.807) is 11.3 Å². The van der Waals surface area contributed by atoms with Gasteiger partial charge in [0.25, 0.3) is 0 Å². The standard InChI is InChI=1S/C15H23N3S/c1-4-18(5-2)11-12(3)16-10-15-17-13-8-6-7-9-14(13)19-15/h6-9,12,16H,4-5,10-11H2,1-3H3. The number of nitrogens with one attached hydrogen (secondary N) is 1. The van der Waals surface area contributed by atoms with Crippen LogP contribution in [-0.2, 0) is 6.54 Å². The fourth-order valence-electron chi connectivity index (χ4n) is 2.19. The van der Waals surface area contributed by atoms with Crippen LogP contribution in [0, 0.1) is 0 Å². The minimum Gasteiger partial charge on any atom is -0.307 e. The van der Waals surface area contributed by atoms with E-state index in [0.717, 1.165) is 31.7 Å². The lowest BCUT2D eigenvalue weighted by molar-refractivity contribution is 0.270. The van der Waals surface area contributed by atoms with Crippen LogP contribution in [-0.4, -0.2) is 35.6 Å². The molecule has 0 fully saturated rings. The Balaban J connectivity index is 1.87. The minimum atomic E-state index is 0.493. The van der Waals surface area contributed by atoms with Crippen LogP contribution >= 0.6 is 11.3 Å². The number of hydrogen-bond donors (Lipinski definition) is 1. The average molecular weight is 277 g/mol. The zero-order chi connectivity index (χ0) is 13.7. The summed E-state index contributed by atoms with van der Waals surface area (Å²) in [4.78, 5) is 7.09. The highest BCUT2D eigenvalue weighted by molar-refractivity contribution is 7.18. The Hall–Kier alpha value is -0.970. The Kier molecular flexibility index (Phi) is 5.31. The molecule has 2 aromatic rings. The lowest BCUT2D eigenvalue weighted by Gasteiger charge is -2.23. The lowest BCUT2D eigenvalue weighted by Crippen LogP contribution is -2.38. The summed E-state index contributed by atoms with van der Waals surface area (Å²) < 4.78 is 1.27. The number of aromatic nitrogens is 1. The average Bonchev–Trinajstić information content (AvgIpc) is 2.85. The molecule has 1 unspecified atom stereocenters. The molecule has 0 bridgehead atoms. The Morgan fingerprint density at radius 2 is 2.00 bits per heavy atom. The van der Waals surface area contributed by atoms with Gasteiger partial charge in [-0.3, -0.25) is 0 Å². The molecule has 0 spiro atoms. The third kappa shape index (κ3) is 4.00. The number of rotatable bonds is 7. The highest BCUT2D eigenvalue weighted by atomic mass is 32.1. The van der Waals surface area contributed by atoms with Crippen molar-refractivity contribution >= 4 is 21.6 Å². The van der Waals surface area contributed by atoms with E-state index in [0.29, 0.717) is 6.04 Å². The van der Waals surface area contributed by atoms with E-state index in [2.05, 4.69) is 54.2 Å². The monoisotopic (exact) mass is 277 g/mol. The third-order valence-corrected chi connectivity index (χ3v) is 4.40. The first-order valence-electron chi connectivity index (χ1n) is 7.03. The van der Waals surface area contributed by atoms with Crippen LogP contribution in [0.4, 0.5) is 0 Å². The van der Waals surface area contributed by atoms with Gasteiger partial charge in [-0.15, -0.1) is 11.3 Å². The van der Waals surface area contributed by atoms with Crippen molar-refractivity contribution in [3.8, 4) is 0 Å². The third-order valence-electron chi connectivity index (χ3n) is 3.37. The van der Waals surface area contributed by atoms with Crippen LogP contribution in [0.15, 0.2) is 24.3 Å². The van der Waals surface area contributed by atoms with Crippen molar-refractivity contribution < 1.29 is 0 Å². The maximum Gasteiger partial charge on any atom is 0.108 e. The van der Waals surface area contributed by atoms with Crippen molar-refractivity contribution in [2.75, 3.05) is 19.6 Å². The second kappa shape index (κ2) is 6.98. The van der Waals surface area contributed by atoms with Crippen molar-refractivity contribution in [3.63, 3.8) is 0 Å². The fraction of sp³-hybridized carbons (Fsp3) is 0.533. The first kappa shape index (κ1) is 14.4. The molecule has 0 saturated heterocycles. The molecule has 19 heavy (non-hydrogen) atoms. The van der Waals surface area contributed by atoms with Gasteiger partial charge in [0.15, 0.2) is 0 Å². The maximum absolute atomic E-state index is 4.65. The molecular formula is C15H23N3S. The zero-order valence-electron chi connectivity index (χ0n) is 12.0.